The standard InChI is InChI=1S/C18H26O20/c19-1-2(20)11(15(31)32)37-17(6(1)24)36-10-4(22)7(25)18(38-12(10)16(33)34)35-9(8(26)14(29)30)3(21)5(23)13(27)28/h1-12,17-26H,(H,27,28)(H,29,30)(H,31,32)(H,33,34)/t1?,2-,3?,4+,5?,6?,7?,8?,9-,10-,11+,12?,17+,18+/m0/s1. The fourth-order valence-corrected chi connectivity index (χ4v) is 3.58. The van der Waals surface area contributed by atoms with Crippen LogP contribution in [0, 0.1) is 0 Å². The summed E-state index contributed by atoms with van der Waals surface area (Å²) in [5.74, 6) is -8.02. The second-order valence-electron chi connectivity index (χ2n) is 8.24. The number of carboxylic acids is 4. The zero-order valence-corrected chi connectivity index (χ0v) is 18.7. The summed E-state index contributed by atoms with van der Waals surface area (Å²) in [6, 6.07) is 0. The highest BCUT2D eigenvalue weighted by Crippen LogP contribution is 2.31. The van der Waals surface area contributed by atoms with Crippen molar-refractivity contribution in [3.05, 3.63) is 0 Å². The van der Waals surface area contributed by atoms with Crippen LogP contribution in [0.25, 0.3) is 0 Å². The lowest BCUT2D eigenvalue weighted by molar-refractivity contribution is -0.358. The summed E-state index contributed by atoms with van der Waals surface area (Å²) in [6.07, 6.45) is -33.7. The Morgan fingerprint density at radius 1 is 0.605 bits per heavy atom. The summed E-state index contributed by atoms with van der Waals surface area (Å²) >= 11 is 0. The maximum Gasteiger partial charge on any atom is 0.335 e. The minimum atomic E-state index is -2.78. The summed E-state index contributed by atoms with van der Waals surface area (Å²) in [7, 11) is 0. The van der Waals surface area contributed by atoms with Gasteiger partial charge in [-0.2, -0.15) is 0 Å². The number of rotatable bonds is 11. The van der Waals surface area contributed by atoms with Gasteiger partial charge >= 0.3 is 23.9 Å². The van der Waals surface area contributed by atoms with Crippen LogP contribution in [0.4, 0.5) is 0 Å². The quantitative estimate of drug-likeness (QED) is 0.111. The molecule has 0 spiro atoms. The van der Waals surface area contributed by atoms with Crippen LogP contribution in [0.5, 0.6) is 0 Å². The number of ether oxygens (including phenoxy) is 4. The van der Waals surface area contributed by atoms with Gasteiger partial charge in [0.1, 0.15) is 48.8 Å². The molecular formula is C18H26O20. The van der Waals surface area contributed by atoms with Crippen LogP contribution < -0.4 is 0 Å². The van der Waals surface area contributed by atoms with Gasteiger partial charge in [0.05, 0.1) is 0 Å². The number of hydrogen-bond acceptors (Lipinski definition) is 16. The van der Waals surface area contributed by atoms with E-state index in [0.717, 1.165) is 0 Å². The van der Waals surface area contributed by atoms with Gasteiger partial charge in [-0.1, -0.05) is 0 Å². The molecule has 0 amide bonds. The van der Waals surface area contributed by atoms with Crippen LogP contribution in [-0.4, -0.2) is 171 Å². The third-order valence-electron chi connectivity index (χ3n) is 5.66. The molecule has 2 aliphatic heterocycles. The minimum Gasteiger partial charge on any atom is -0.479 e. The Morgan fingerprint density at radius 3 is 1.55 bits per heavy atom. The molecule has 0 aromatic heterocycles. The molecule has 0 aliphatic carbocycles. The Labute approximate surface area is 210 Å². The molecule has 38 heavy (non-hydrogen) atoms. The van der Waals surface area contributed by atoms with Gasteiger partial charge < -0.3 is 80.2 Å². The van der Waals surface area contributed by atoms with E-state index in [9.17, 15) is 65.1 Å². The predicted molar refractivity (Wildman–Crippen MR) is 106 cm³/mol. The third-order valence-corrected chi connectivity index (χ3v) is 5.66. The Balaban J connectivity index is 2.31. The lowest BCUT2D eigenvalue weighted by Gasteiger charge is -2.45. The molecule has 14 atom stereocenters. The first kappa shape index (κ1) is 31.6. The maximum atomic E-state index is 11.8. The highest BCUT2D eigenvalue weighted by atomic mass is 16.7. The number of aliphatic hydroxyl groups excluding tert-OH is 8. The largest absolute Gasteiger partial charge is 0.479 e. The van der Waals surface area contributed by atoms with Crippen LogP contribution in [0.15, 0.2) is 0 Å². The van der Waals surface area contributed by atoms with Crippen molar-refractivity contribution in [1.82, 2.24) is 0 Å². The van der Waals surface area contributed by atoms with Gasteiger partial charge in [-0.25, -0.2) is 19.2 Å². The van der Waals surface area contributed by atoms with E-state index in [-0.39, 0.29) is 0 Å². The second-order valence-corrected chi connectivity index (χ2v) is 8.24. The number of carboxylic acid groups (broad SMARTS) is 4. The maximum absolute atomic E-state index is 11.8. The summed E-state index contributed by atoms with van der Waals surface area (Å²) in [4.78, 5) is 45.1. The molecule has 2 aliphatic rings. The predicted octanol–water partition coefficient (Wildman–Crippen LogP) is -7.57. The van der Waals surface area contributed by atoms with Gasteiger partial charge in [-0.05, 0) is 0 Å². The summed E-state index contributed by atoms with van der Waals surface area (Å²) in [5, 5.41) is 116. The number of carbonyl (C=O) groups is 4. The van der Waals surface area contributed by atoms with Crippen molar-refractivity contribution in [3.63, 3.8) is 0 Å². The van der Waals surface area contributed by atoms with E-state index >= 15 is 0 Å². The van der Waals surface area contributed by atoms with E-state index in [1.807, 2.05) is 0 Å². The number of aliphatic hydroxyl groups is 8. The second kappa shape index (κ2) is 12.5. The topological polar surface area (TPSA) is 348 Å². The zero-order valence-electron chi connectivity index (χ0n) is 18.7. The molecule has 218 valence electrons. The Hall–Kier alpha value is -2.60. The first-order valence-corrected chi connectivity index (χ1v) is 10.5. The molecule has 7 unspecified atom stereocenters. The molecule has 2 heterocycles. The van der Waals surface area contributed by atoms with Gasteiger partial charge in [-0.15, -0.1) is 0 Å². The van der Waals surface area contributed by atoms with Crippen molar-refractivity contribution in [2.24, 2.45) is 0 Å². The smallest absolute Gasteiger partial charge is 0.335 e. The Kier molecular flexibility index (Phi) is 10.4. The van der Waals surface area contributed by atoms with Crippen LogP contribution in [0.3, 0.4) is 0 Å². The van der Waals surface area contributed by atoms with Crippen LogP contribution >= 0.6 is 0 Å². The first-order valence-electron chi connectivity index (χ1n) is 10.5. The molecule has 0 saturated carbocycles. The van der Waals surface area contributed by atoms with Gasteiger partial charge in [0.15, 0.2) is 37.0 Å². The molecule has 2 rings (SSSR count). The van der Waals surface area contributed by atoms with Gasteiger partial charge in [0.2, 0.25) is 0 Å². The molecule has 2 saturated heterocycles. The minimum absolute atomic E-state index is 1.83. The van der Waals surface area contributed by atoms with Crippen LogP contribution in [-0.2, 0) is 38.1 Å². The van der Waals surface area contributed by atoms with E-state index in [1.54, 1.807) is 0 Å². The molecular weight excluding hydrogens is 536 g/mol. The van der Waals surface area contributed by atoms with Crippen molar-refractivity contribution >= 4 is 23.9 Å². The average Bonchev–Trinajstić information content (AvgIpc) is 2.84. The molecule has 0 aromatic rings. The van der Waals surface area contributed by atoms with Crippen LogP contribution in [0.2, 0.25) is 0 Å². The Bertz CT molecular complexity index is 880. The van der Waals surface area contributed by atoms with Crippen molar-refractivity contribution in [3.8, 4) is 0 Å². The lowest BCUT2D eigenvalue weighted by Crippen LogP contribution is -2.66. The van der Waals surface area contributed by atoms with Crippen molar-refractivity contribution in [2.45, 2.75) is 85.8 Å². The van der Waals surface area contributed by atoms with E-state index in [1.165, 1.54) is 0 Å². The summed E-state index contributed by atoms with van der Waals surface area (Å²) in [5.41, 5.74) is 0. The highest BCUT2D eigenvalue weighted by molar-refractivity contribution is 5.75. The van der Waals surface area contributed by atoms with Gasteiger partial charge in [0, 0.05) is 0 Å². The van der Waals surface area contributed by atoms with Gasteiger partial charge in [-0.3, -0.25) is 0 Å². The summed E-state index contributed by atoms with van der Waals surface area (Å²) < 4.78 is 19.7. The van der Waals surface area contributed by atoms with Crippen molar-refractivity contribution in [1.29, 1.82) is 0 Å². The number of hydrogen-bond donors (Lipinski definition) is 12. The van der Waals surface area contributed by atoms with Crippen LogP contribution in [0.1, 0.15) is 0 Å². The van der Waals surface area contributed by atoms with Crippen molar-refractivity contribution < 1.29 is 99.4 Å². The third kappa shape index (κ3) is 6.51. The highest BCUT2D eigenvalue weighted by Gasteiger charge is 2.55. The molecule has 20 heteroatoms. The van der Waals surface area contributed by atoms with Crippen molar-refractivity contribution in [2.75, 3.05) is 0 Å². The molecule has 0 bridgehead atoms. The Morgan fingerprint density at radius 2 is 1.08 bits per heavy atom. The fourth-order valence-electron chi connectivity index (χ4n) is 3.58. The molecule has 20 nitrogen and oxygen atoms in total. The molecule has 0 radical (unpaired) electrons. The van der Waals surface area contributed by atoms with E-state index in [0.29, 0.717) is 0 Å². The average molecular weight is 562 g/mol. The lowest BCUT2D eigenvalue weighted by atomic mass is 9.96. The van der Waals surface area contributed by atoms with E-state index in [2.05, 4.69) is 0 Å². The van der Waals surface area contributed by atoms with E-state index < -0.39 is 110 Å². The molecule has 0 aromatic carbocycles. The molecule has 2 fully saturated rings. The normalized spacial score (nSPS) is 38.9. The van der Waals surface area contributed by atoms with E-state index in [4.69, 9.17) is 34.3 Å². The first-order chi connectivity index (χ1) is 17.5. The molecule has 12 N–H and O–H groups in total. The zero-order chi connectivity index (χ0) is 29.2. The summed E-state index contributed by atoms with van der Waals surface area (Å²) in [6.45, 7) is 0. The number of aliphatic carboxylic acids is 4. The van der Waals surface area contributed by atoms with Gasteiger partial charge in [0.25, 0.3) is 0 Å². The monoisotopic (exact) mass is 562 g/mol. The SMILES string of the molecule is O=C(O)C(O)C(O)[C@H](O[C@@H]1OC(C(=O)O)[C@@H](O[C@@H]2O[C@@H](C(=O)O)[C@@H](O)C(O)C2O)[C@H](O)C1O)C(O)C(=O)O. The fraction of sp³-hybridized carbons (Fsp3) is 0.778.